The number of nitrogens with zero attached hydrogens (tertiary/aromatic N) is 2. The molecule has 4 rings (SSSR count). The number of hydrogen-bond donors (Lipinski definition) is 0. The standard InChI is InChI=1S/C20H20N2O3S/c1-13-12-26-20-21-16(10-18(23)22(13)20)9-8-15-4-3-5-17(24-2)19(15)25-11-14-6-7-14/h3-5,8-10,12,14H,6-7,11H2,1-2H3. The summed E-state index contributed by atoms with van der Waals surface area (Å²) in [6, 6.07) is 7.34. The number of fused-ring (bicyclic) bond motifs is 1. The average molecular weight is 368 g/mol. The maximum absolute atomic E-state index is 12.3. The Balaban J connectivity index is 1.66. The van der Waals surface area contributed by atoms with Gasteiger partial charge in [-0.1, -0.05) is 12.1 Å². The van der Waals surface area contributed by atoms with Crippen LogP contribution in [0.25, 0.3) is 17.1 Å². The van der Waals surface area contributed by atoms with E-state index in [-0.39, 0.29) is 5.56 Å². The zero-order valence-corrected chi connectivity index (χ0v) is 15.6. The summed E-state index contributed by atoms with van der Waals surface area (Å²) in [5.41, 5.74) is 2.38. The SMILES string of the molecule is COc1cccc(C=Cc2cc(=O)n3c(C)csc3n2)c1OCC1CC1. The van der Waals surface area contributed by atoms with Crippen molar-refractivity contribution in [2.24, 2.45) is 5.92 Å². The molecule has 6 heteroatoms. The van der Waals surface area contributed by atoms with Crippen molar-refractivity contribution in [2.45, 2.75) is 19.8 Å². The Morgan fingerprint density at radius 1 is 1.35 bits per heavy atom. The third kappa shape index (κ3) is 3.37. The highest BCUT2D eigenvalue weighted by Gasteiger charge is 2.23. The van der Waals surface area contributed by atoms with Crippen LogP contribution in [-0.4, -0.2) is 23.1 Å². The number of para-hydroxylation sites is 1. The van der Waals surface area contributed by atoms with Crippen molar-refractivity contribution in [2.75, 3.05) is 13.7 Å². The Labute approximate surface area is 155 Å². The molecule has 0 radical (unpaired) electrons. The zero-order valence-electron chi connectivity index (χ0n) is 14.8. The summed E-state index contributed by atoms with van der Waals surface area (Å²) in [6.45, 7) is 2.61. The van der Waals surface area contributed by atoms with E-state index in [1.807, 2.05) is 42.7 Å². The lowest BCUT2D eigenvalue weighted by atomic mass is 10.1. The molecule has 1 aliphatic carbocycles. The fourth-order valence-corrected chi connectivity index (χ4v) is 3.68. The van der Waals surface area contributed by atoms with Crippen LogP contribution in [0.1, 0.15) is 29.8 Å². The topological polar surface area (TPSA) is 52.8 Å². The Hall–Kier alpha value is -2.60. The highest BCUT2D eigenvalue weighted by Crippen LogP contribution is 2.35. The first-order chi connectivity index (χ1) is 12.7. The molecule has 3 aromatic rings. The average Bonchev–Trinajstić information content (AvgIpc) is 3.40. The predicted octanol–water partition coefficient (Wildman–Crippen LogP) is 4.03. The molecule has 0 bridgehead atoms. The van der Waals surface area contributed by atoms with E-state index in [1.54, 1.807) is 17.6 Å². The molecular weight excluding hydrogens is 348 g/mol. The van der Waals surface area contributed by atoms with E-state index in [2.05, 4.69) is 4.98 Å². The second-order valence-corrected chi connectivity index (χ2v) is 7.32. The maximum Gasteiger partial charge on any atom is 0.259 e. The summed E-state index contributed by atoms with van der Waals surface area (Å²) >= 11 is 1.46. The van der Waals surface area contributed by atoms with E-state index in [1.165, 1.54) is 24.2 Å². The summed E-state index contributed by atoms with van der Waals surface area (Å²) in [5.74, 6) is 2.11. The van der Waals surface area contributed by atoms with Crippen molar-refractivity contribution >= 4 is 28.4 Å². The number of thiazole rings is 1. The summed E-state index contributed by atoms with van der Waals surface area (Å²) in [4.78, 5) is 17.5. The number of hydrogen-bond acceptors (Lipinski definition) is 5. The number of aromatic nitrogens is 2. The molecular formula is C20H20N2O3S. The lowest BCUT2D eigenvalue weighted by molar-refractivity contribution is 0.280. The van der Waals surface area contributed by atoms with E-state index in [0.717, 1.165) is 17.0 Å². The molecule has 0 amide bonds. The van der Waals surface area contributed by atoms with Gasteiger partial charge in [-0.05, 0) is 43.9 Å². The van der Waals surface area contributed by atoms with Crippen molar-refractivity contribution in [3.8, 4) is 11.5 Å². The van der Waals surface area contributed by atoms with Crippen LogP contribution in [0.15, 0.2) is 34.4 Å². The summed E-state index contributed by atoms with van der Waals surface area (Å²) < 4.78 is 13.1. The van der Waals surface area contributed by atoms with E-state index < -0.39 is 0 Å². The molecule has 0 aliphatic heterocycles. The van der Waals surface area contributed by atoms with Crippen molar-refractivity contribution in [1.82, 2.24) is 9.38 Å². The fraction of sp³-hybridized carbons (Fsp3) is 0.300. The van der Waals surface area contributed by atoms with Gasteiger partial charge in [0.25, 0.3) is 5.56 Å². The van der Waals surface area contributed by atoms with Gasteiger partial charge in [0, 0.05) is 22.7 Å². The second-order valence-electron chi connectivity index (χ2n) is 6.48. The first kappa shape index (κ1) is 16.8. The Bertz CT molecular complexity index is 1030. The molecule has 1 aliphatic rings. The van der Waals surface area contributed by atoms with Crippen molar-refractivity contribution in [1.29, 1.82) is 0 Å². The summed E-state index contributed by atoms with van der Waals surface area (Å²) in [6.07, 6.45) is 6.22. The Morgan fingerprint density at radius 3 is 2.96 bits per heavy atom. The number of methoxy groups -OCH3 is 1. The minimum atomic E-state index is -0.0655. The van der Waals surface area contributed by atoms with Gasteiger partial charge < -0.3 is 9.47 Å². The van der Waals surface area contributed by atoms with Crippen molar-refractivity contribution < 1.29 is 9.47 Å². The maximum atomic E-state index is 12.3. The largest absolute Gasteiger partial charge is 0.493 e. The Morgan fingerprint density at radius 2 is 2.19 bits per heavy atom. The first-order valence-corrected chi connectivity index (χ1v) is 9.49. The lowest BCUT2D eigenvalue weighted by Gasteiger charge is -2.13. The van der Waals surface area contributed by atoms with Crippen LogP contribution in [0.3, 0.4) is 0 Å². The van der Waals surface area contributed by atoms with Crippen LogP contribution in [0.5, 0.6) is 11.5 Å². The molecule has 0 saturated heterocycles. The number of ether oxygens (including phenoxy) is 2. The molecule has 1 aromatic carbocycles. The number of benzene rings is 1. The van der Waals surface area contributed by atoms with Gasteiger partial charge in [-0.3, -0.25) is 9.20 Å². The normalized spacial score (nSPS) is 14.2. The van der Waals surface area contributed by atoms with E-state index in [9.17, 15) is 4.79 Å². The van der Waals surface area contributed by atoms with Gasteiger partial charge >= 0.3 is 0 Å². The third-order valence-corrected chi connectivity index (χ3v) is 5.36. The van der Waals surface area contributed by atoms with Crippen LogP contribution in [0, 0.1) is 12.8 Å². The van der Waals surface area contributed by atoms with Gasteiger partial charge in [0.05, 0.1) is 19.4 Å². The van der Waals surface area contributed by atoms with Gasteiger partial charge in [0.15, 0.2) is 16.5 Å². The van der Waals surface area contributed by atoms with Crippen LogP contribution in [-0.2, 0) is 0 Å². The molecule has 1 fully saturated rings. The molecule has 0 unspecified atom stereocenters. The zero-order chi connectivity index (χ0) is 18.1. The molecule has 134 valence electrons. The summed E-state index contributed by atoms with van der Waals surface area (Å²) in [5, 5.41) is 1.93. The molecule has 0 atom stereocenters. The van der Waals surface area contributed by atoms with E-state index >= 15 is 0 Å². The van der Waals surface area contributed by atoms with Gasteiger partial charge in [0.2, 0.25) is 0 Å². The van der Waals surface area contributed by atoms with Crippen LogP contribution >= 0.6 is 11.3 Å². The van der Waals surface area contributed by atoms with Gasteiger partial charge in [0.1, 0.15) is 0 Å². The second kappa shape index (κ2) is 6.96. The molecule has 5 nitrogen and oxygen atoms in total. The molecule has 0 spiro atoms. The molecule has 2 aromatic heterocycles. The van der Waals surface area contributed by atoms with Gasteiger partial charge in [-0.2, -0.15) is 0 Å². The van der Waals surface area contributed by atoms with Crippen molar-refractivity contribution in [3.05, 3.63) is 57.0 Å². The van der Waals surface area contributed by atoms with E-state index in [0.29, 0.717) is 28.9 Å². The predicted molar refractivity (Wildman–Crippen MR) is 104 cm³/mol. The Kier molecular flexibility index (Phi) is 4.51. The molecule has 0 N–H and O–H groups in total. The van der Waals surface area contributed by atoms with Crippen LogP contribution in [0.4, 0.5) is 0 Å². The molecule has 1 saturated carbocycles. The first-order valence-electron chi connectivity index (χ1n) is 8.61. The highest BCUT2D eigenvalue weighted by atomic mass is 32.1. The molecule has 2 heterocycles. The minimum Gasteiger partial charge on any atom is -0.493 e. The lowest BCUT2D eigenvalue weighted by Crippen LogP contribution is -2.13. The van der Waals surface area contributed by atoms with Crippen LogP contribution in [0.2, 0.25) is 0 Å². The van der Waals surface area contributed by atoms with Gasteiger partial charge in [-0.15, -0.1) is 11.3 Å². The smallest absolute Gasteiger partial charge is 0.259 e. The van der Waals surface area contributed by atoms with Crippen molar-refractivity contribution in [3.63, 3.8) is 0 Å². The monoisotopic (exact) mass is 368 g/mol. The molecule has 26 heavy (non-hydrogen) atoms. The number of aryl methyl sites for hydroxylation is 1. The fourth-order valence-electron chi connectivity index (χ4n) is 2.80. The summed E-state index contributed by atoms with van der Waals surface area (Å²) in [7, 11) is 1.64. The van der Waals surface area contributed by atoms with E-state index in [4.69, 9.17) is 9.47 Å². The minimum absolute atomic E-state index is 0.0655. The quantitative estimate of drug-likeness (QED) is 0.659. The highest BCUT2D eigenvalue weighted by molar-refractivity contribution is 7.15. The third-order valence-electron chi connectivity index (χ3n) is 4.42. The van der Waals surface area contributed by atoms with Crippen LogP contribution < -0.4 is 15.0 Å². The number of rotatable bonds is 6. The van der Waals surface area contributed by atoms with Gasteiger partial charge in [-0.25, -0.2) is 4.98 Å².